The zero-order chi connectivity index (χ0) is 14.3. The lowest BCUT2D eigenvalue weighted by atomic mass is 10.3. The smallest absolute Gasteiger partial charge is 0.328 e. The number of carbonyl (C=O) groups is 3. The molecule has 7 nitrogen and oxygen atoms in total. The minimum absolute atomic E-state index is 0.392. The van der Waals surface area contributed by atoms with Crippen LogP contribution in [0.15, 0.2) is 17.5 Å². The fraction of sp³-hybridized carbons (Fsp3) is 0.364. The highest BCUT2D eigenvalue weighted by Crippen LogP contribution is 2.07. The highest BCUT2D eigenvalue weighted by atomic mass is 32.1. The molecule has 0 fully saturated rings. The first kappa shape index (κ1) is 15.0. The van der Waals surface area contributed by atoms with Gasteiger partial charge in [-0.2, -0.15) is 0 Å². The summed E-state index contributed by atoms with van der Waals surface area (Å²) < 4.78 is 4.72. The number of esters is 1. The lowest BCUT2D eigenvalue weighted by Crippen LogP contribution is -2.43. The van der Waals surface area contributed by atoms with Crippen LogP contribution in [0.2, 0.25) is 0 Å². The van der Waals surface area contributed by atoms with Gasteiger partial charge in [-0.3, -0.25) is 4.79 Å². The fourth-order valence-electron chi connectivity index (χ4n) is 1.18. The summed E-state index contributed by atoms with van der Waals surface area (Å²) in [5, 5.41) is 6.66. The van der Waals surface area contributed by atoms with Crippen LogP contribution in [0, 0.1) is 0 Å². The molecule has 19 heavy (non-hydrogen) atoms. The second-order valence-electron chi connectivity index (χ2n) is 3.69. The van der Waals surface area contributed by atoms with Crippen molar-refractivity contribution in [1.82, 2.24) is 10.6 Å². The Hall–Kier alpha value is -2.09. The minimum Gasteiger partial charge on any atom is -0.454 e. The molecule has 4 N–H and O–H groups in total. The lowest BCUT2D eigenvalue weighted by molar-refractivity contribution is -0.150. The molecule has 1 heterocycles. The Morgan fingerprint density at radius 1 is 1.47 bits per heavy atom. The molecule has 0 saturated carbocycles. The van der Waals surface area contributed by atoms with Crippen LogP contribution in [0.5, 0.6) is 0 Å². The second kappa shape index (κ2) is 7.37. The maximum atomic E-state index is 11.4. The number of hydrogen-bond donors (Lipinski definition) is 3. The molecule has 0 unspecified atom stereocenters. The molecule has 1 aromatic rings. The van der Waals surface area contributed by atoms with Crippen molar-refractivity contribution >= 4 is 29.2 Å². The van der Waals surface area contributed by atoms with Gasteiger partial charge in [-0.1, -0.05) is 6.07 Å². The van der Waals surface area contributed by atoms with Crippen molar-refractivity contribution in [2.75, 3.05) is 6.61 Å². The fourth-order valence-corrected chi connectivity index (χ4v) is 1.83. The van der Waals surface area contributed by atoms with Crippen molar-refractivity contribution in [3.8, 4) is 0 Å². The molecule has 0 saturated heterocycles. The van der Waals surface area contributed by atoms with Crippen molar-refractivity contribution < 1.29 is 19.1 Å². The first-order chi connectivity index (χ1) is 8.99. The van der Waals surface area contributed by atoms with Crippen molar-refractivity contribution in [3.05, 3.63) is 22.4 Å². The number of urea groups is 1. The number of nitrogens with one attached hydrogen (secondary N) is 2. The average molecular weight is 285 g/mol. The Labute approximate surface area is 114 Å². The third kappa shape index (κ3) is 5.87. The van der Waals surface area contributed by atoms with E-state index in [0.29, 0.717) is 6.54 Å². The Balaban J connectivity index is 2.22. The van der Waals surface area contributed by atoms with Gasteiger partial charge in [0.15, 0.2) is 6.61 Å². The highest BCUT2D eigenvalue weighted by molar-refractivity contribution is 7.09. The van der Waals surface area contributed by atoms with Gasteiger partial charge in [0.2, 0.25) is 0 Å². The largest absolute Gasteiger partial charge is 0.454 e. The van der Waals surface area contributed by atoms with Gasteiger partial charge in [0.05, 0.1) is 6.54 Å². The van der Waals surface area contributed by atoms with E-state index in [1.54, 1.807) is 0 Å². The third-order valence-electron chi connectivity index (χ3n) is 2.10. The SMILES string of the molecule is C[C@@H](NC(N)=O)C(=O)OCC(=O)NCc1cccs1. The zero-order valence-electron chi connectivity index (χ0n) is 10.3. The van der Waals surface area contributed by atoms with Crippen molar-refractivity contribution in [1.29, 1.82) is 0 Å². The van der Waals surface area contributed by atoms with Crippen LogP contribution in [0.1, 0.15) is 11.8 Å². The Morgan fingerprint density at radius 3 is 2.79 bits per heavy atom. The summed E-state index contributed by atoms with van der Waals surface area (Å²) in [5.41, 5.74) is 4.85. The van der Waals surface area contributed by atoms with Crippen molar-refractivity contribution in [3.63, 3.8) is 0 Å². The molecule has 1 aromatic heterocycles. The molecule has 0 aliphatic rings. The molecule has 0 aromatic carbocycles. The number of ether oxygens (including phenoxy) is 1. The van der Waals surface area contributed by atoms with E-state index >= 15 is 0 Å². The molecule has 0 spiro atoms. The number of carbonyl (C=O) groups excluding carboxylic acids is 3. The minimum atomic E-state index is -0.886. The summed E-state index contributed by atoms with van der Waals surface area (Å²) in [4.78, 5) is 34.3. The van der Waals surface area contributed by atoms with Crippen LogP contribution in [0.3, 0.4) is 0 Å². The van der Waals surface area contributed by atoms with E-state index in [0.717, 1.165) is 4.88 Å². The van der Waals surface area contributed by atoms with Crippen LogP contribution >= 0.6 is 11.3 Å². The predicted molar refractivity (Wildman–Crippen MR) is 69.3 cm³/mol. The predicted octanol–water partition coefficient (Wildman–Crippen LogP) is -0.0357. The number of amides is 3. The van der Waals surface area contributed by atoms with E-state index in [9.17, 15) is 14.4 Å². The summed E-state index contributed by atoms with van der Waals surface area (Å²) in [5.74, 6) is -1.13. The molecule has 1 rings (SSSR count). The number of rotatable bonds is 6. The van der Waals surface area contributed by atoms with Gasteiger partial charge in [0.25, 0.3) is 5.91 Å². The van der Waals surface area contributed by atoms with Gasteiger partial charge in [-0.15, -0.1) is 11.3 Å². The summed E-state index contributed by atoms with van der Waals surface area (Å²) in [6.07, 6.45) is 0. The summed E-state index contributed by atoms with van der Waals surface area (Å²) in [7, 11) is 0. The monoisotopic (exact) mass is 285 g/mol. The van der Waals surface area contributed by atoms with E-state index in [2.05, 4.69) is 10.6 Å². The second-order valence-corrected chi connectivity index (χ2v) is 4.73. The number of hydrogen-bond acceptors (Lipinski definition) is 5. The van der Waals surface area contributed by atoms with E-state index in [1.165, 1.54) is 18.3 Å². The van der Waals surface area contributed by atoms with Crippen LogP contribution < -0.4 is 16.4 Å². The Kier molecular flexibility index (Phi) is 5.80. The van der Waals surface area contributed by atoms with Gasteiger partial charge < -0.3 is 21.1 Å². The first-order valence-electron chi connectivity index (χ1n) is 5.50. The third-order valence-corrected chi connectivity index (χ3v) is 2.97. The Bertz CT molecular complexity index is 447. The summed E-state index contributed by atoms with van der Waals surface area (Å²) in [6, 6.07) is 2.05. The van der Waals surface area contributed by atoms with Crippen LogP contribution in [-0.4, -0.2) is 30.6 Å². The quantitative estimate of drug-likeness (QED) is 0.637. The summed E-state index contributed by atoms with van der Waals surface area (Å²) >= 11 is 1.52. The molecule has 0 aliphatic carbocycles. The maximum Gasteiger partial charge on any atom is 0.328 e. The number of primary amides is 1. The van der Waals surface area contributed by atoms with E-state index in [1.807, 2.05) is 17.5 Å². The van der Waals surface area contributed by atoms with Crippen LogP contribution in [0.4, 0.5) is 4.79 Å². The van der Waals surface area contributed by atoms with Crippen LogP contribution in [-0.2, 0) is 20.9 Å². The molecule has 1 atom stereocenters. The van der Waals surface area contributed by atoms with Crippen molar-refractivity contribution in [2.24, 2.45) is 5.73 Å². The Morgan fingerprint density at radius 2 is 2.21 bits per heavy atom. The molecule has 0 bridgehead atoms. The van der Waals surface area contributed by atoms with Gasteiger partial charge in [-0.05, 0) is 18.4 Å². The topological polar surface area (TPSA) is 111 Å². The molecular formula is C11H15N3O4S. The number of thiophene rings is 1. The zero-order valence-corrected chi connectivity index (χ0v) is 11.2. The molecule has 0 radical (unpaired) electrons. The molecule has 3 amide bonds. The van der Waals surface area contributed by atoms with Gasteiger partial charge >= 0.3 is 12.0 Å². The van der Waals surface area contributed by atoms with Gasteiger partial charge in [0, 0.05) is 4.88 Å². The molecule has 0 aliphatic heterocycles. The van der Waals surface area contributed by atoms with Crippen LogP contribution in [0.25, 0.3) is 0 Å². The lowest BCUT2D eigenvalue weighted by Gasteiger charge is -2.11. The molecule has 104 valence electrons. The van der Waals surface area contributed by atoms with E-state index in [-0.39, 0.29) is 0 Å². The van der Waals surface area contributed by atoms with Crippen molar-refractivity contribution in [2.45, 2.75) is 19.5 Å². The highest BCUT2D eigenvalue weighted by Gasteiger charge is 2.16. The standard InChI is InChI=1S/C11H15N3O4S/c1-7(14-11(12)17)10(16)18-6-9(15)13-5-8-3-2-4-19-8/h2-4,7H,5-6H2,1H3,(H,13,15)(H3,12,14,17)/t7-/m1/s1. The van der Waals surface area contributed by atoms with Gasteiger partial charge in [-0.25, -0.2) is 9.59 Å². The molecule has 8 heteroatoms. The first-order valence-corrected chi connectivity index (χ1v) is 6.38. The summed E-state index contributed by atoms with van der Waals surface area (Å²) in [6.45, 7) is 1.41. The number of nitrogens with two attached hydrogens (primary N) is 1. The van der Waals surface area contributed by atoms with E-state index in [4.69, 9.17) is 10.5 Å². The van der Waals surface area contributed by atoms with E-state index < -0.39 is 30.6 Å². The molecular weight excluding hydrogens is 270 g/mol. The normalized spacial score (nSPS) is 11.4. The average Bonchev–Trinajstić information content (AvgIpc) is 2.85. The van der Waals surface area contributed by atoms with Gasteiger partial charge in [0.1, 0.15) is 6.04 Å². The maximum absolute atomic E-state index is 11.4.